The Balaban J connectivity index is 2.28. The summed E-state index contributed by atoms with van der Waals surface area (Å²) in [5, 5.41) is 4.20. The van der Waals surface area contributed by atoms with Crippen molar-refractivity contribution in [3.63, 3.8) is 0 Å². The Labute approximate surface area is 83.9 Å². The second kappa shape index (κ2) is 3.43. The predicted molar refractivity (Wildman–Crippen MR) is 54.0 cm³/mol. The zero-order valence-electron chi connectivity index (χ0n) is 8.56. The highest BCUT2D eigenvalue weighted by Crippen LogP contribution is 2.24. The molecule has 1 aromatic rings. The third-order valence-electron chi connectivity index (χ3n) is 2.73. The van der Waals surface area contributed by atoms with E-state index in [0.717, 1.165) is 25.3 Å². The summed E-state index contributed by atoms with van der Waals surface area (Å²) in [6.07, 6.45) is 1.67. The lowest BCUT2D eigenvalue weighted by Crippen LogP contribution is -2.38. The van der Waals surface area contributed by atoms with Crippen molar-refractivity contribution in [2.45, 2.75) is 33.0 Å². The largest absolute Gasteiger partial charge is 0.295 e. The van der Waals surface area contributed by atoms with E-state index in [1.165, 1.54) is 0 Å². The van der Waals surface area contributed by atoms with Gasteiger partial charge in [0.2, 0.25) is 5.69 Å². The zero-order chi connectivity index (χ0) is 10.1. The van der Waals surface area contributed by atoms with E-state index in [2.05, 4.69) is 28.7 Å². The lowest BCUT2D eigenvalue weighted by molar-refractivity contribution is 0.171. The van der Waals surface area contributed by atoms with Crippen LogP contribution in [0.25, 0.3) is 4.85 Å². The molecule has 0 amide bonds. The highest BCUT2D eigenvalue weighted by Gasteiger charge is 2.21. The van der Waals surface area contributed by atoms with Gasteiger partial charge in [-0.1, -0.05) is 0 Å². The van der Waals surface area contributed by atoms with Crippen molar-refractivity contribution in [3.05, 3.63) is 23.3 Å². The van der Waals surface area contributed by atoms with Crippen LogP contribution in [0.4, 0.5) is 5.69 Å². The van der Waals surface area contributed by atoms with Gasteiger partial charge in [-0.05, 0) is 13.8 Å². The van der Waals surface area contributed by atoms with Crippen molar-refractivity contribution in [2.75, 3.05) is 6.54 Å². The third kappa shape index (κ3) is 1.40. The van der Waals surface area contributed by atoms with Crippen LogP contribution >= 0.6 is 0 Å². The van der Waals surface area contributed by atoms with Crippen LogP contribution in [0, 0.1) is 6.57 Å². The molecule has 1 aliphatic heterocycles. The lowest BCUT2D eigenvalue weighted by atomic mass is 10.2. The maximum Gasteiger partial charge on any atom is 0.228 e. The molecular weight excluding hydrogens is 176 g/mol. The number of nitrogens with zero attached hydrogens (tertiary/aromatic N) is 4. The molecule has 0 aromatic carbocycles. The number of hydrogen-bond acceptors (Lipinski definition) is 2. The maximum atomic E-state index is 7.03. The molecular formula is C10H14N4. The molecule has 0 aliphatic carbocycles. The molecule has 14 heavy (non-hydrogen) atoms. The normalized spacial score (nSPS) is 16.7. The molecule has 0 bridgehead atoms. The highest BCUT2D eigenvalue weighted by atomic mass is 15.3. The monoisotopic (exact) mass is 190 g/mol. The van der Waals surface area contributed by atoms with Crippen molar-refractivity contribution in [1.82, 2.24) is 14.7 Å². The van der Waals surface area contributed by atoms with Gasteiger partial charge in [0.25, 0.3) is 0 Å². The Morgan fingerprint density at radius 1 is 1.50 bits per heavy atom. The summed E-state index contributed by atoms with van der Waals surface area (Å²) in [6.45, 7) is 14.2. The van der Waals surface area contributed by atoms with Crippen LogP contribution in [0.3, 0.4) is 0 Å². The van der Waals surface area contributed by atoms with Gasteiger partial charge in [0.15, 0.2) is 0 Å². The third-order valence-corrected chi connectivity index (χ3v) is 2.73. The fourth-order valence-corrected chi connectivity index (χ4v) is 1.78. The van der Waals surface area contributed by atoms with E-state index in [-0.39, 0.29) is 0 Å². The lowest BCUT2D eigenvalue weighted by Gasteiger charge is -2.31. The first-order chi connectivity index (χ1) is 6.72. The topological polar surface area (TPSA) is 25.4 Å². The number of rotatable bonds is 1. The fourth-order valence-electron chi connectivity index (χ4n) is 1.78. The van der Waals surface area contributed by atoms with Crippen LogP contribution in [0.2, 0.25) is 0 Å². The Morgan fingerprint density at radius 2 is 2.29 bits per heavy atom. The summed E-state index contributed by atoms with van der Waals surface area (Å²) in [4.78, 5) is 5.84. The molecule has 0 unspecified atom stereocenters. The van der Waals surface area contributed by atoms with E-state index in [0.29, 0.717) is 11.7 Å². The van der Waals surface area contributed by atoms with Gasteiger partial charge in [-0.2, -0.15) is 5.10 Å². The minimum atomic E-state index is 0.539. The standard InChI is InChI=1S/C10H14N4/c1-8(2)13-4-5-14-10(7-13)9(11-3)6-12-14/h6,8H,4-5,7H2,1-2H3. The van der Waals surface area contributed by atoms with E-state index in [9.17, 15) is 0 Å². The SMILES string of the molecule is [C-]#[N+]c1cnn2c1CN(C(C)C)CC2. The Morgan fingerprint density at radius 3 is 2.93 bits per heavy atom. The first kappa shape index (κ1) is 9.22. The molecule has 74 valence electrons. The van der Waals surface area contributed by atoms with Gasteiger partial charge < -0.3 is 0 Å². The predicted octanol–water partition coefficient (Wildman–Crippen LogP) is 1.66. The summed E-state index contributed by atoms with van der Waals surface area (Å²) in [5.74, 6) is 0. The molecule has 1 aromatic heterocycles. The van der Waals surface area contributed by atoms with Gasteiger partial charge in [0.1, 0.15) is 0 Å². The van der Waals surface area contributed by atoms with Gasteiger partial charge in [-0.25, -0.2) is 4.85 Å². The van der Waals surface area contributed by atoms with Crippen molar-refractivity contribution < 1.29 is 0 Å². The van der Waals surface area contributed by atoms with Crippen molar-refractivity contribution >= 4 is 5.69 Å². The second-order valence-electron chi connectivity index (χ2n) is 3.88. The van der Waals surface area contributed by atoms with Gasteiger partial charge >= 0.3 is 0 Å². The summed E-state index contributed by atoms with van der Waals surface area (Å²) >= 11 is 0. The summed E-state index contributed by atoms with van der Waals surface area (Å²) in [5.41, 5.74) is 1.77. The van der Waals surface area contributed by atoms with Crippen LogP contribution in [0.1, 0.15) is 19.5 Å². The van der Waals surface area contributed by atoms with Crippen LogP contribution in [-0.2, 0) is 13.1 Å². The molecule has 0 saturated carbocycles. The summed E-state index contributed by atoms with van der Waals surface area (Å²) < 4.78 is 1.95. The summed E-state index contributed by atoms with van der Waals surface area (Å²) in [6, 6.07) is 0.539. The van der Waals surface area contributed by atoms with E-state index >= 15 is 0 Å². The first-order valence-electron chi connectivity index (χ1n) is 4.88. The molecule has 0 radical (unpaired) electrons. The van der Waals surface area contributed by atoms with Crippen molar-refractivity contribution in [2.24, 2.45) is 0 Å². The molecule has 0 fully saturated rings. The van der Waals surface area contributed by atoms with E-state index in [1.54, 1.807) is 6.20 Å². The zero-order valence-corrected chi connectivity index (χ0v) is 8.56. The molecule has 1 aliphatic rings. The highest BCUT2D eigenvalue weighted by molar-refractivity contribution is 5.47. The average Bonchev–Trinajstić information content (AvgIpc) is 2.59. The molecule has 4 heteroatoms. The van der Waals surface area contributed by atoms with Crippen LogP contribution < -0.4 is 0 Å². The van der Waals surface area contributed by atoms with Crippen molar-refractivity contribution in [3.8, 4) is 0 Å². The number of fused-ring (bicyclic) bond motifs is 1. The fraction of sp³-hybridized carbons (Fsp3) is 0.600. The van der Waals surface area contributed by atoms with Crippen LogP contribution in [-0.4, -0.2) is 27.3 Å². The number of hydrogen-bond donors (Lipinski definition) is 0. The molecule has 2 heterocycles. The van der Waals surface area contributed by atoms with Gasteiger partial charge in [-0.3, -0.25) is 9.58 Å². The molecule has 0 saturated heterocycles. The molecule has 0 N–H and O–H groups in total. The van der Waals surface area contributed by atoms with Crippen LogP contribution in [0.5, 0.6) is 0 Å². The Kier molecular flexibility index (Phi) is 2.26. The molecule has 4 nitrogen and oxygen atoms in total. The van der Waals surface area contributed by atoms with Gasteiger partial charge in [0.05, 0.1) is 25.0 Å². The Bertz CT molecular complexity index is 372. The van der Waals surface area contributed by atoms with E-state index in [4.69, 9.17) is 6.57 Å². The molecule has 2 rings (SSSR count). The van der Waals surface area contributed by atoms with Gasteiger partial charge in [0, 0.05) is 19.1 Å². The first-order valence-corrected chi connectivity index (χ1v) is 4.88. The number of aromatic nitrogens is 2. The summed E-state index contributed by atoms with van der Waals surface area (Å²) in [7, 11) is 0. The minimum Gasteiger partial charge on any atom is -0.295 e. The molecule has 0 spiro atoms. The minimum absolute atomic E-state index is 0.539. The van der Waals surface area contributed by atoms with Gasteiger partial charge in [-0.15, -0.1) is 0 Å². The molecule has 0 atom stereocenters. The second-order valence-corrected chi connectivity index (χ2v) is 3.88. The maximum absolute atomic E-state index is 7.03. The average molecular weight is 190 g/mol. The van der Waals surface area contributed by atoms with Crippen LogP contribution in [0.15, 0.2) is 6.20 Å². The smallest absolute Gasteiger partial charge is 0.228 e. The van der Waals surface area contributed by atoms with E-state index in [1.807, 2.05) is 4.68 Å². The van der Waals surface area contributed by atoms with E-state index < -0.39 is 0 Å². The Hall–Kier alpha value is -1.34. The van der Waals surface area contributed by atoms with Crippen molar-refractivity contribution in [1.29, 1.82) is 0 Å². The quantitative estimate of drug-likeness (QED) is 0.629.